The van der Waals surface area contributed by atoms with Crippen LogP contribution >= 0.6 is 0 Å². The van der Waals surface area contributed by atoms with E-state index in [0.29, 0.717) is 31.9 Å². The maximum atomic E-state index is 17.1. The molecule has 0 saturated carbocycles. The first-order valence-corrected chi connectivity index (χ1v) is 18.0. The first kappa shape index (κ1) is 35.5. The van der Waals surface area contributed by atoms with E-state index in [1.54, 1.807) is 4.90 Å². The predicted octanol–water partition coefficient (Wildman–Crippen LogP) is 6.79. The monoisotopic (exact) mass is 738 g/mol. The number of piperazine rings is 1. The highest BCUT2D eigenvalue weighted by molar-refractivity contribution is 6.00. The van der Waals surface area contributed by atoms with Crippen molar-refractivity contribution < 1.29 is 41.3 Å². The van der Waals surface area contributed by atoms with E-state index in [2.05, 4.69) is 14.9 Å². The molecule has 53 heavy (non-hydrogen) atoms. The van der Waals surface area contributed by atoms with Crippen LogP contribution in [-0.2, 0) is 9.47 Å². The second-order valence-electron chi connectivity index (χ2n) is 15.5. The quantitative estimate of drug-likeness (QED) is 0.142. The van der Waals surface area contributed by atoms with Crippen LogP contribution in [0.15, 0.2) is 30.5 Å². The van der Waals surface area contributed by atoms with Crippen LogP contribution in [0.3, 0.4) is 0 Å². The van der Waals surface area contributed by atoms with Gasteiger partial charge < -0.3 is 23.8 Å². The minimum Gasteiger partial charge on any atom is -0.468 e. The number of aromatic nitrogens is 3. The molecule has 0 radical (unpaired) electrons. The fourth-order valence-corrected chi connectivity index (χ4v) is 8.62. The van der Waals surface area contributed by atoms with Crippen molar-refractivity contribution in [3.63, 3.8) is 0 Å². The van der Waals surface area contributed by atoms with Crippen molar-refractivity contribution in [2.75, 3.05) is 51.6 Å². The van der Waals surface area contributed by atoms with Crippen LogP contribution in [0.2, 0.25) is 0 Å². The van der Waals surface area contributed by atoms with E-state index < -0.39 is 34.8 Å². The summed E-state index contributed by atoms with van der Waals surface area (Å²) in [5.41, 5.74) is -1.63. The van der Waals surface area contributed by atoms with Gasteiger partial charge >= 0.3 is 12.1 Å². The highest BCUT2D eigenvalue weighted by Gasteiger charge is 2.50. The van der Waals surface area contributed by atoms with Crippen LogP contribution < -0.4 is 14.4 Å². The van der Waals surface area contributed by atoms with Gasteiger partial charge in [0, 0.05) is 50.3 Å². The summed E-state index contributed by atoms with van der Waals surface area (Å²) in [5, 5.41) is 0.364. The molecule has 2 aromatic heterocycles. The minimum atomic E-state index is -1.16. The number of fused-ring (bicyclic) bond motifs is 5. The van der Waals surface area contributed by atoms with E-state index in [1.807, 2.05) is 25.7 Å². The van der Waals surface area contributed by atoms with Crippen molar-refractivity contribution >= 4 is 33.6 Å². The van der Waals surface area contributed by atoms with Crippen molar-refractivity contribution in [1.82, 2.24) is 24.8 Å². The number of amides is 1. The predicted molar refractivity (Wildman–Crippen MR) is 188 cm³/mol. The molecule has 0 spiro atoms. The van der Waals surface area contributed by atoms with Crippen LogP contribution in [0, 0.1) is 17.5 Å². The maximum Gasteiger partial charge on any atom is 0.410 e. The van der Waals surface area contributed by atoms with Crippen molar-refractivity contribution in [2.45, 2.75) is 82.3 Å². The minimum absolute atomic E-state index is 0.0444. The normalized spacial score (nSPS) is 24.3. The number of benzene rings is 2. The van der Waals surface area contributed by atoms with Gasteiger partial charge in [-0.1, -0.05) is 6.07 Å². The topological polar surface area (TPSA) is 102 Å². The van der Waals surface area contributed by atoms with Gasteiger partial charge in [-0.2, -0.15) is 9.97 Å². The van der Waals surface area contributed by atoms with E-state index in [1.165, 1.54) is 31.5 Å². The molecule has 282 valence electrons. The van der Waals surface area contributed by atoms with Gasteiger partial charge in [-0.3, -0.25) is 14.8 Å². The third-order valence-electron chi connectivity index (χ3n) is 10.8. The molecule has 4 aliphatic heterocycles. The molecule has 8 rings (SSSR count). The first-order valence-electron chi connectivity index (χ1n) is 18.0. The summed E-state index contributed by atoms with van der Waals surface area (Å²) in [6.45, 7) is 7.34. The van der Waals surface area contributed by atoms with Crippen molar-refractivity contribution in [2.24, 2.45) is 0 Å². The van der Waals surface area contributed by atoms with E-state index >= 15 is 8.78 Å². The third kappa shape index (κ3) is 6.45. The molecule has 0 unspecified atom stereocenters. The molecule has 4 saturated heterocycles. The summed E-state index contributed by atoms with van der Waals surface area (Å²) in [4.78, 5) is 32.9. The number of hydrogen-bond donors (Lipinski definition) is 0. The number of pyridine rings is 1. The zero-order chi connectivity index (χ0) is 37.2. The van der Waals surface area contributed by atoms with E-state index in [4.69, 9.17) is 23.9 Å². The Morgan fingerprint density at radius 2 is 1.79 bits per heavy atom. The largest absolute Gasteiger partial charge is 0.468 e. The van der Waals surface area contributed by atoms with Crippen molar-refractivity contribution in [3.8, 4) is 23.0 Å². The Morgan fingerprint density at radius 3 is 2.53 bits per heavy atom. The molecule has 0 aliphatic carbocycles. The molecule has 4 fully saturated rings. The second kappa shape index (κ2) is 13.4. The maximum absolute atomic E-state index is 17.1. The summed E-state index contributed by atoms with van der Waals surface area (Å²) in [5.74, 6) is -2.57. The van der Waals surface area contributed by atoms with Gasteiger partial charge in [0.2, 0.25) is 0 Å². The number of alkyl halides is 1. The number of nitrogens with zero attached hydrogens (tertiary/aromatic N) is 6. The highest BCUT2D eigenvalue weighted by Crippen LogP contribution is 2.43. The molecule has 0 N–H and O–H groups in total. The van der Waals surface area contributed by atoms with Crippen molar-refractivity contribution in [1.29, 1.82) is 0 Å². The number of ether oxygens (including phenoxy) is 4. The zero-order valence-corrected chi connectivity index (χ0v) is 30.1. The van der Waals surface area contributed by atoms with Gasteiger partial charge in [-0.05, 0) is 76.6 Å². The van der Waals surface area contributed by atoms with Gasteiger partial charge in [0.15, 0.2) is 24.2 Å². The van der Waals surface area contributed by atoms with Gasteiger partial charge in [0.1, 0.15) is 41.2 Å². The Balaban J connectivity index is 1.23. The highest BCUT2D eigenvalue weighted by atomic mass is 19.2. The molecule has 4 aromatic rings. The second-order valence-corrected chi connectivity index (χ2v) is 15.5. The third-order valence-corrected chi connectivity index (χ3v) is 10.8. The summed E-state index contributed by atoms with van der Waals surface area (Å²) >= 11 is 0. The smallest absolute Gasteiger partial charge is 0.410 e. The Morgan fingerprint density at radius 1 is 1.02 bits per heavy atom. The summed E-state index contributed by atoms with van der Waals surface area (Å²) < 4.78 is 84.5. The Kier molecular flexibility index (Phi) is 8.99. The van der Waals surface area contributed by atoms with Crippen LogP contribution in [-0.4, -0.2) is 107 Å². The molecule has 2 aromatic carbocycles. The summed E-state index contributed by atoms with van der Waals surface area (Å²) in [6.07, 6.45) is 3.56. The van der Waals surface area contributed by atoms with E-state index in [9.17, 15) is 13.6 Å². The van der Waals surface area contributed by atoms with Crippen LogP contribution in [0.4, 0.5) is 28.2 Å². The van der Waals surface area contributed by atoms with Gasteiger partial charge in [-0.15, -0.1) is 0 Å². The lowest BCUT2D eigenvalue weighted by Crippen LogP contribution is -2.57. The lowest BCUT2D eigenvalue weighted by Gasteiger charge is -2.42. The van der Waals surface area contributed by atoms with Crippen LogP contribution in [0.5, 0.6) is 11.8 Å². The lowest BCUT2D eigenvalue weighted by molar-refractivity contribution is 0.0122. The zero-order valence-electron chi connectivity index (χ0n) is 30.1. The first-order chi connectivity index (χ1) is 25.3. The molecular formula is C38H42F4N6O5. The SMILES string of the molecule is COCOc1cc(-c2ncc3c(N4C[C@H]5CC[C@@H](C4)N5C(=O)OC(C)(C)C)nc(OC[C@@]45CCCN4C[C@H](F)C5)nc3c2F)c2c(F)c(F)ccc2c1. The summed E-state index contributed by atoms with van der Waals surface area (Å²) in [6, 6.07) is 4.80. The number of hydrogen-bond acceptors (Lipinski definition) is 10. The summed E-state index contributed by atoms with van der Waals surface area (Å²) in [7, 11) is 1.44. The number of carbonyl (C=O) groups is 1. The van der Waals surface area contributed by atoms with Gasteiger partial charge in [-0.25, -0.2) is 22.4 Å². The Hall–Kier alpha value is -4.50. The molecule has 15 heteroatoms. The number of methoxy groups -OCH3 is 1. The fraction of sp³-hybridized carbons (Fsp3) is 0.526. The van der Waals surface area contributed by atoms with Crippen LogP contribution in [0.1, 0.15) is 52.9 Å². The average molecular weight is 739 g/mol. The molecule has 4 aliphatic rings. The molecular weight excluding hydrogens is 696 g/mol. The van der Waals surface area contributed by atoms with E-state index in [-0.39, 0.29) is 76.3 Å². The fourth-order valence-electron chi connectivity index (χ4n) is 8.62. The number of carbonyl (C=O) groups excluding carboxylic acids is 1. The molecule has 6 heterocycles. The van der Waals surface area contributed by atoms with E-state index in [0.717, 1.165) is 38.3 Å². The number of rotatable bonds is 8. The average Bonchev–Trinajstić information content (AvgIpc) is 3.73. The number of anilines is 1. The molecule has 1 amide bonds. The molecule has 4 atom stereocenters. The number of halogens is 4. The Bertz CT molecular complexity index is 2070. The van der Waals surface area contributed by atoms with Crippen molar-refractivity contribution in [3.05, 3.63) is 47.9 Å². The van der Waals surface area contributed by atoms with Crippen LogP contribution in [0.25, 0.3) is 32.9 Å². The molecule has 11 nitrogen and oxygen atoms in total. The lowest BCUT2D eigenvalue weighted by atomic mass is 9.95. The Labute approximate surface area is 304 Å². The van der Waals surface area contributed by atoms with Gasteiger partial charge in [0.05, 0.1) is 23.0 Å². The molecule has 2 bridgehead atoms. The van der Waals surface area contributed by atoms with Gasteiger partial charge in [0.25, 0.3) is 0 Å². The standard InChI is InChI=1S/C38H42F4N6O5/c1-37(2,3)53-36(49)48-23-7-8-24(48)18-46(17-23)34-27-15-43-32(26-13-25(52-20-50-4)12-21-6-9-28(40)30(41)29(21)26)31(42)33(27)44-35(45-34)51-19-38-10-5-11-47(38)16-22(39)14-38/h6,9,12-13,15,22-24H,5,7-8,10-11,14,16-20H2,1-4H3/t22-,23-,24+,38+/m1/s1.